The monoisotopic (exact) mass is 265 g/mol. The van der Waals surface area contributed by atoms with Crippen molar-refractivity contribution in [1.82, 2.24) is 5.32 Å². The number of hydrogen-bond donors (Lipinski definition) is 2. The van der Waals surface area contributed by atoms with Crippen LogP contribution in [-0.4, -0.2) is 24.9 Å². The highest BCUT2D eigenvalue weighted by atomic mass is 16.5. The smallest absolute Gasteiger partial charge is 0.404 e. The maximum atomic E-state index is 10.7. The number of benzene rings is 1. The first-order chi connectivity index (χ1) is 8.70. The number of methoxy groups -OCH3 is 1. The molecule has 0 spiro atoms. The van der Waals surface area contributed by atoms with Gasteiger partial charge in [0.25, 0.3) is 0 Å². The van der Waals surface area contributed by atoms with Crippen molar-refractivity contribution in [3.63, 3.8) is 0 Å². The van der Waals surface area contributed by atoms with Crippen LogP contribution in [0.5, 0.6) is 5.75 Å². The van der Waals surface area contributed by atoms with Crippen molar-refractivity contribution >= 4 is 6.09 Å². The van der Waals surface area contributed by atoms with Crippen molar-refractivity contribution in [3.05, 3.63) is 28.3 Å². The Hall–Kier alpha value is -1.71. The molecule has 0 unspecified atom stereocenters. The number of carboxylic acid groups (broad SMARTS) is 1. The fraction of sp³-hybridized carbons (Fsp3) is 0.533. The summed E-state index contributed by atoms with van der Waals surface area (Å²) in [5.74, 6) is 0.906. The van der Waals surface area contributed by atoms with Crippen molar-refractivity contribution in [2.75, 3.05) is 13.7 Å². The number of rotatable bonds is 4. The zero-order valence-corrected chi connectivity index (χ0v) is 12.5. The Balaban J connectivity index is 3.23. The molecule has 0 radical (unpaired) electrons. The summed E-state index contributed by atoms with van der Waals surface area (Å²) in [6, 6.07) is 2.09. The molecule has 1 rings (SSSR count). The molecule has 0 bridgehead atoms. The van der Waals surface area contributed by atoms with Crippen LogP contribution in [0.25, 0.3) is 0 Å². The Morgan fingerprint density at radius 3 is 2.37 bits per heavy atom. The van der Waals surface area contributed by atoms with Gasteiger partial charge < -0.3 is 15.2 Å². The quantitative estimate of drug-likeness (QED) is 0.879. The fourth-order valence-corrected chi connectivity index (χ4v) is 2.47. The van der Waals surface area contributed by atoms with Gasteiger partial charge in [-0.3, -0.25) is 0 Å². The third kappa shape index (κ3) is 3.19. The summed E-state index contributed by atoms with van der Waals surface area (Å²) in [6.07, 6.45) is -0.993. The molecule has 0 aliphatic heterocycles. The topological polar surface area (TPSA) is 58.6 Å². The van der Waals surface area contributed by atoms with Gasteiger partial charge in [0.1, 0.15) is 5.75 Å². The molecule has 1 amide bonds. The molecule has 1 aromatic carbocycles. The minimum atomic E-state index is -0.993. The number of aryl methyl sites for hydroxylation is 1. The van der Waals surface area contributed by atoms with E-state index in [0.29, 0.717) is 6.54 Å². The molecule has 0 aliphatic rings. The van der Waals surface area contributed by atoms with Gasteiger partial charge in [-0.1, -0.05) is 19.9 Å². The third-order valence-corrected chi connectivity index (χ3v) is 3.64. The largest absolute Gasteiger partial charge is 0.496 e. The van der Waals surface area contributed by atoms with Gasteiger partial charge in [-0.25, -0.2) is 4.79 Å². The van der Waals surface area contributed by atoms with E-state index in [1.165, 1.54) is 0 Å². The van der Waals surface area contributed by atoms with Crippen LogP contribution >= 0.6 is 0 Å². The lowest BCUT2D eigenvalue weighted by Gasteiger charge is -2.29. The SMILES string of the molecule is COc1c(C)cc(C(C)(C)CNC(=O)O)c(C)c1C. The van der Waals surface area contributed by atoms with Crippen LogP contribution < -0.4 is 10.1 Å². The molecule has 0 heterocycles. The number of ether oxygens (including phenoxy) is 1. The van der Waals surface area contributed by atoms with Crippen molar-refractivity contribution in [1.29, 1.82) is 0 Å². The first-order valence-electron chi connectivity index (χ1n) is 6.32. The maximum Gasteiger partial charge on any atom is 0.404 e. The second kappa shape index (κ2) is 5.51. The van der Waals surface area contributed by atoms with Crippen LogP contribution in [0.15, 0.2) is 6.07 Å². The average molecular weight is 265 g/mol. The zero-order valence-electron chi connectivity index (χ0n) is 12.5. The van der Waals surface area contributed by atoms with Gasteiger partial charge in [-0.05, 0) is 43.0 Å². The minimum absolute atomic E-state index is 0.260. The molecule has 0 saturated carbocycles. The summed E-state index contributed by atoms with van der Waals surface area (Å²) in [5, 5.41) is 11.2. The summed E-state index contributed by atoms with van der Waals surface area (Å²) in [4.78, 5) is 10.7. The van der Waals surface area contributed by atoms with Gasteiger partial charge in [0.2, 0.25) is 0 Å². The molecule has 2 N–H and O–H groups in total. The van der Waals surface area contributed by atoms with Crippen LogP contribution in [0.4, 0.5) is 4.79 Å². The Bertz CT molecular complexity index is 493. The molecule has 106 valence electrons. The number of carbonyl (C=O) groups is 1. The van der Waals surface area contributed by atoms with E-state index in [0.717, 1.165) is 28.0 Å². The molecule has 0 atom stereocenters. The van der Waals surface area contributed by atoms with Gasteiger partial charge in [0.05, 0.1) is 7.11 Å². The predicted molar refractivity (Wildman–Crippen MR) is 76.3 cm³/mol. The minimum Gasteiger partial charge on any atom is -0.496 e. The van der Waals surface area contributed by atoms with Gasteiger partial charge >= 0.3 is 6.09 Å². The summed E-state index contributed by atoms with van der Waals surface area (Å²) in [5.41, 5.74) is 4.23. The van der Waals surface area contributed by atoms with Crippen LogP contribution in [0, 0.1) is 20.8 Å². The zero-order chi connectivity index (χ0) is 14.8. The van der Waals surface area contributed by atoms with Crippen molar-refractivity contribution in [2.24, 2.45) is 0 Å². The fourth-order valence-electron chi connectivity index (χ4n) is 2.47. The second-order valence-corrected chi connectivity index (χ2v) is 5.57. The van der Waals surface area contributed by atoms with Gasteiger partial charge in [0.15, 0.2) is 0 Å². The van der Waals surface area contributed by atoms with E-state index in [4.69, 9.17) is 9.84 Å². The third-order valence-electron chi connectivity index (χ3n) is 3.64. The predicted octanol–water partition coefficient (Wildman–Crippen LogP) is 3.17. The second-order valence-electron chi connectivity index (χ2n) is 5.57. The molecular formula is C15H23NO3. The van der Waals surface area contributed by atoms with E-state index >= 15 is 0 Å². The molecule has 0 fully saturated rings. The van der Waals surface area contributed by atoms with Gasteiger partial charge in [-0.15, -0.1) is 0 Å². The van der Waals surface area contributed by atoms with Crippen LogP contribution in [0.2, 0.25) is 0 Å². The van der Waals surface area contributed by atoms with Crippen LogP contribution in [0.1, 0.15) is 36.1 Å². The van der Waals surface area contributed by atoms with E-state index in [1.54, 1.807) is 7.11 Å². The standard InChI is InChI=1S/C15H23NO3/c1-9-7-12(10(2)11(3)13(9)19-6)15(4,5)8-16-14(17)18/h7,16H,8H2,1-6H3,(H,17,18). The molecular weight excluding hydrogens is 242 g/mol. The van der Waals surface area contributed by atoms with E-state index in [1.807, 2.05) is 27.7 Å². The summed E-state index contributed by atoms with van der Waals surface area (Å²) < 4.78 is 5.41. The van der Waals surface area contributed by atoms with E-state index in [-0.39, 0.29) is 5.41 Å². The molecule has 0 aliphatic carbocycles. The Morgan fingerprint density at radius 2 is 1.89 bits per heavy atom. The molecule has 4 heteroatoms. The highest BCUT2D eigenvalue weighted by molar-refractivity contribution is 5.64. The van der Waals surface area contributed by atoms with Crippen molar-refractivity contribution in [3.8, 4) is 5.75 Å². The highest BCUT2D eigenvalue weighted by Crippen LogP contribution is 2.34. The summed E-state index contributed by atoms with van der Waals surface area (Å²) >= 11 is 0. The number of hydrogen-bond acceptors (Lipinski definition) is 2. The highest BCUT2D eigenvalue weighted by Gasteiger charge is 2.25. The van der Waals surface area contributed by atoms with Crippen LogP contribution in [-0.2, 0) is 5.41 Å². The molecule has 1 aromatic rings. The van der Waals surface area contributed by atoms with E-state index in [9.17, 15) is 4.79 Å². The van der Waals surface area contributed by atoms with Crippen molar-refractivity contribution < 1.29 is 14.6 Å². The number of amides is 1. The van der Waals surface area contributed by atoms with E-state index < -0.39 is 6.09 Å². The lowest BCUT2D eigenvalue weighted by Crippen LogP contribution is -2.36. The normalized spacial score (nSPS) is 11.3. The maximum absolute atomic E-state index is 10.7. The Labute approximate surface area is 114 Å². The van der Waals surface area contributed by atoms with Crippen molar-refractivity contribution in [2.45, 2.75) is 40.0 Å². The summed E-state index contributed by atoms with van der Waals surface area (Å²) in [7, 11) is 1.67. The molecule has 4 nitrogen and oxygen atoms in total. The lowest BCUT2D eigenvalue weighted by atomic mass is 9.79. The van der Waals surface area contributed by atoms with Crippen LogP contribution in [0.3, 0.4) is 0 Å². The average Bonchev–Trinajstić information content (AvgIpc) is 2.32. The Morgan fingerprint density at radius 1 is 1.32 bits per heavy atom. The molecule has 19 heavy (non-hydrogen) atoms. The summed E-state index contributed by atoms with van der Waals surface area (Å²) in [6.45, 7) is 10.6. The van der Waals surface area contributed by atoms with Gasteiger partial charge in [0, 0.05) is 12.0 Å². The lowest BCUT2D eigenvalue weighted by molar-refractivity contribution is 0.192. The number of nitrogens with one attached hydrogen (secondary N) is 1. The Kier molecular flexibility index (Phi) is 4.45. The first-order valence-corrected chi connectivity index (χ1v) is 6.32. The first kappa shape index (κ1) is 15.3. The molecule has 0 saturated heterocycles. The van der Waals surface area contributed by atoms with E-state index in [2.05, 4.69) is 18.3 Å². The van der Waals surface area contributed by atoms with Gasteiger partial charge in [-0.2, -0.15) is 0 Å². The molecule has 0 aromatic heterocycles.